The van der Waals surface area contributed by atoms with Crippen LogP contribution < -0.4 is 10.1 Å². The van der Waals surface area contributed by atoms with E-state index in [4.69, 9.17) is 9.47 Å². The number of benzene rings is 2. The van der Waals surface area contributed by atoms with Crippen LogP contribution in [0.4, 0.5) is 5.69 Å². The highest BCUT2D eigenvalue weighted by Gasteiger charge is 2.12. The van der Waals surface area contributed by atoms with Gasteiger partial charge >= 0.3 is 11.9 Å². The van der Waals surface area contributed by atoms with Crippen LogP contribution >= 0.6 is 11.8 Å². The van der Waals surface area contributed by atoms with Gasteiger partial charge in [0.15, 0.2) is 6.61 Å². The van der Waals surface area contributed by atoms with E-state index in [1.807, 2.05) is 12.1 Å². The van der Waals surface area contributed by atoms with Crippen LogP contribution in [0.5, 0.6) is 5.75 Å². The molecule has 0 unspecified atom stereocenters. The third kappa shape index (κ3) is 6.31. The number of thioether (sulfide) groups is 1. The van der Waals surface area contributed by atoms with Crippen LogP contribution in [0.1, 0.15) is 15.9 Å². The van der Waals surface area contributed by atoms with Gasteiger partial charge in [-0.1, -0.05) is 6.07 Å². The molecule has 0 heterocycles. The van der Waals surface area contributed by atoms with Crippen molar-refractivity contribution in [3.05, 3.63) is 53.6 Å². The molecule has 0 saturated heterocycles. The van der Waals surface area contributed by atoms with Gasteiger partial charge in [-0.05, 0) is 48.9 Å². The molecule has 8 heteroatoms. The molecule has 2 rings (SSSR count). The Morgan fingerprint density at radius 2 is 1.75 bits per heavy atom. The largest absolute Gasteiger partial charge is 0.497 e. The molecular formula is C20H21NO6S. The van der Waals surface area contributed by atoms with Crippen molar-refractivity contribution >= 4 is 35.3 Å². The number of ether oxygens (including phenoxy) is 3. The molecular weight excluding hydrogens is 382 g/mol. The van der Waals surface area contributed by atoms with E-state index in [1.54, 1.807) is 38.3 Å². The summed E-state index contributed by atoms with van der Waals surface area (Å²) in [7, 11) is 2.86. The Balaban J connectivity index is 1.81. The molecule has 2 aromatic carbocycles. The maximum atomic E-state index is 12.0. The van der Waals surface area contributed by atoms with Crippen LogP contribution in [0.15, 0.2) is 47.4 Å². The second-order valence-electron chi connectivity index (χ2n) is 5.69. The molecule has 2 aromatic rings. The molecule has 1 amide bonds. The predicted molar refractivity (Wildman–Crippen MR) is 106 cm³/mol. The van der Waals surface area contributed by atoms with Crippen molar-refractivity contribution in [2.45, 2.75) is 11.8 Å². The van der Waals surface area contributed by atoms with E-state index < -0.39 is 24.5 Å². The normalized spacial score (nSPS) is 10.1. The van der Waals surface area contributed by atoms with Crippen LogP contribution in [0.25, 0.3) is 0 Å². The van der Waals surface area contributed by atoms with Gasteiger partial charge in [-0.3, -0.25) is 9.59 Å². The summed E-state index contributed by atoms with van der Waals surface area (Å²) >= 11 is 1.30. The second kappa shape index (κ2) is 10.4. The Morgan fingerprint density at radius 1 is 1.04 bits per heavy atom. The highest BCUT2D eigenvalue weighted by molar-refractivity contribution is 8.00. The van der Waals surface area contributed by atoms with Crippen molar-refractivity contribution in [2.75, 3.05) is 31.9 Å². The average Bonchev–Trinajstić information content (AvgIpc) is 2.72. The number of amides is 1. The van der Waals surface area contributed by atoms with E-state index in [1.165, 1.54) is 24.9 Å². The van der Waals surface area contributed by atoms with Gasteiger partial charge in [0.25, 0.3) is 5.91 Å². The number of hydrogen-bond acceptors (Lipinski definition) is 7. The minimum absolute atomic E-state index is 0.0798. The van der Waals surface area contributed by atoms with Gasteiger partial charge in [0.2, 0.25) is 0 Å². The summed E-state index contributed by atoms with van der Waals surface area (Å²) < 4.78 is 14.7. The Hall–Kier alpha value is -3.00. The zero-order chi connectivity index (χ0) is 20.5. The number of nitrogens with one attached hydrogen (secondary N) is 1. The number of aryl methyl sites for hydroxylation is 1. The first-order valence-corrected chi connectivity index (χ1v) is 9.32. The lowest BCUT2D eigenvalue weighted by Crippen LogP contribution is -2.22. The van der Waals surface area contributed by atoms with Gasteiger partial charge in [-0.15, -0.1) is 11.8 Å². The van der Waals surface area contributed by atoms with E-state index in [2.05, 4.69) is 10.1 Å². The van der Waals surface area contributed by atoms with Crippen LogP contribution in [0.2, 0.25) is 0 Å². The SMILES string of the molecule is COC(=O)c1ccc(C)c(NC(=O)COC(=O)CSc2ccc(OC)cc2)c1. The third-order valence-electron chi connectivity index (χ3n) is 3.71. The summed E-state index contributed by atoms with van der Waals surface area (Å²) in [6, 6.07) is 12.1. The Bertz CT molecular complexity index is 850. The summed E-state index contributed by atoms with van der Waals surface area (Å²) in [6.07, 6.45) is 0. The molecule has 0 fully saturated rings. The van der Waals surface area contributed by atoms with E-state index >= 15 is 0 Å². The van der Waals surface area contributed by atoms with Crippen molar-refractivity contribution in [2.24, 2.45) is 0 Å². The lowest BCUT2D eigenvalue weighted by atomic mass is 10.1. The van der Waals surface area contributed by atoms with Crippen LogP contribution in [0.3, 0.4) is 0 Å². The maximum Gasteiger partial charge on any atom is 0.337 e. The molecule has 0 aliphatic carbocycles. The molecule has 0 aliphatic heterocycles. The lowest BCUT2D eigenvalue weighted by molar-refractivity contribution is -0.144. The second-order valence-corrected chi connectivity index (χ2v) is 6.74. The van der Waals surface area contributed by atoms with Gasteiger partial charge in [0.05, 0.1) is 25.5 Å². The topological polar surface area (TPSA) is 90.9 Å². The first-order valence-electron chi connectivity index (χ1n) is 8.34. The number of anilines is 1. The Labute approximate surface area is 167 Å². The van der Waals surface area contributed by atoms with E-state index in [0.29, 0.717) is 11.3 Å². The van der Waals surface area contributed by atoms with E-state index in [0.717, 1.165) is 16.2 Å². The summed E-state index contributed by atoms with van der Waals surface area (Å²) in [4.78, 5) is 36.4. The van der Waals surface area contributed by atoms with Gasteiger partial charge in [-0.25, -0.2) is 4.79 Å². The molecule has 1 N–H and O–H groups in total. The molecule has 0 saturated carbocycles. The number of methoxy groups -OCH3 is 2. The van der Waals surface area contributed by atoms with E-state index in [9.17, 15) is 14.4 Å². The lowest BCUT2D eigenvalue weighted by Gasteiger charge is -2.10. The third-order valence-corrected chi connectivity index (χ3v) is 4.70. The number of rotatable bonds is 8. The van der Waals surface area contributed by atoms with Gasteiger partial charge in [0, 0.05) is 10.6 Å². The monoisotopic (exact) mass is 403 g/mol. The van der Waals surface area contributed by atoms with Gasteiger partial charge in [-0.2, -0.15) is 0 Å². The summed E-state index contributed by atoms with van der Waals surface area (Å²) in [5, 5.41) is 2.63. The van der Waals surface area contributed by atoms with Crippen LogP contribution in [-0.4, -0.2) is 44.4 Å². The Morgan fingerprint density at radius 3 is 2.39 bits per heavy atom. The summed E-state index contributed by atoms with van der Waals surface area (Å²) in [6.45, 7) is 1.37. The van der Waals surface area contributed by atoms with Crippen molar-refractivity contribution in [3.8, 4) is 5.75 Å². The van der Waals surface area contributed by atoms with Crippen molar-refractivity contribution in [3.63, 3.8) is 0 Å². The highest BCUT2D eigenvalue weighted by atomic mass is 32.2. The quantitative estimate of drug-likeness (QED) is 0.535. The molecule has 0 aromatic heterocycles. The van der Waals surface area contributed by atoms with Gasteiger partial charge < -0.3 is 19.5 Å². The standard InChI is InChI=1S/C20H21NO6S/c1-13-4-5-14(20(24)26-3)10-17(13)21-18(22)11-27-19(23)12-28-16-8-6-15(25-2)7-9-16/h4-10H,11-12H2,1-3H3,(H,21,22). The molecule has 7 nitrogen and oxygen atoms in total. The highest BCUT2D eigenvalue weighted by Crippen LogP contribution is 2.21. The number of hydrogen-bond donors (Lipinski definition) is 1. The first kappa shape index (κ1) is 21.3. The molecule has 0 atom stereocenters. The summed E-state index contributed by atoms with van der Waals surface area (Å²) in [5.41, 5.74) is 1.54. The zero-order valence-electron chi connectivity index (χ0n) is 15.8. The van der Waals surface area contributed by atoms with Crippen molar-refractivity contribution < 1.29 is 28.6 Å². The number of carbonyl (C=O) groups excluding carboxylic acids is 3. The zero-order valence-corrected chi connectivity index (χ0v) is 16.6. The molecule has 0 aliphatic rings. The van der Waals surface area contributed by atoms with Crippen LogP contribution in [-0.2, 0) is 19.1 Å². The van der Waals surface area contributed by atoms with Crippen molar-refractivity contribution in [1.82, 2.24) is 0 Å². The number of carbonyl (C=O) groups is 3. The first-order chi connectivity index (χ1) is 13.4. The predicted octanol–water partition coefficient (Wildman–Crippen LogP) is 3.06. The average molecular weight is 403 g/mol. The van der Waals surface area contributed by atoms with E-state index in [-0.39, 0.29) is 5.75 Å². The van der Waals surface area contributed by atoms with Crippen LogP contribution in [0, 0.1) is 6.92 Å². The summed E-state index contributed by atoms with van der Waals surface area (Å²) in [5.74, 6) is -0.687. The smallest absolute Gasteiger partial charge is 0.337 e. The molecule has 148 valence electrons. The van der Waals surface area contributed by atoms with Gasteiger partial charge in [0.1, 0.15) is 5.75 Å². The fraction of sp³-hybridized carbons (Fsp3) is 0.250. The molecule has 0 spiro atoms. The fourth-order valence-corrected chi connectivity index (χ4v) is 2.89. The molecule has 0 bridgehead atoms. The minimum Gasteiger partial charge on any atom is -0.497 e. The fourth-order valence-electron chi connectivity index (χ4n) is 2.19. The minimum atomic E-state index is -0.504. The Kier molecular flexibility index (Phi) is 7.88. The maximum absolute atomic E-state index is 12.0. The molecule has 0 radical (unpaired) electrons. The number of esters is 2. The van der Waals surface area contributed by atoms with Crippen molar-refractivity contribution in [1.29, 1.82) is 0 Å². The molecule has 28 heavy (non-hydrogen) atoms.